The molecule has 2 atom stereocenters. The molecule has 0 saturated heterocycles. The SMILES string of the molecule is CCCC(CC)NC(C)c1cc(F)c(C)cc1F. The van der Waals surface area contributed by atoms with Crippen molar-refractivity contribution in [2.24, 2.45) is 0 Å². The van der Waals surface area contributed by atoms with E-state index >= 15 is 0 Å². The number of halogens is 2. The van der Waals surface area contributed by atoms with Crippen LogP contribution in [0.3, 0.4) is 0 Å². The van der Waals surface area contributed by atoms with E-state index in [1.54, 1.807) is 6.92 Å². The number of benzene rings is 1. The summed E-state index contributed by atoms with van der Waals surface area (Å²) in [5.74, 6) is -0.677. The molecule has 0 heterocycles. The first kappa shape index (κ1) is 15.1. The lowest BCUT2D eigenvalue weighted by Crippen LogP contribution is -2.31. The van der Waals surface area contributed by atoms with E-state index in [4.69, 9.17) is 0 Å². The minimum Gasteiger partial charge on any atom is -0.307 e. The van der Waals surface area contributed by atoms with Gasteiger partial charge in [-0.25, -0.2) is 8.78 Å². The maximum atomic E-state index is 13.8. The van der Waals surface area contributed by atoms with E-state index in [9.17, 15) is 8.78 Å². The summed E-state index contributed by atoms with van der Waals surface area (Å²) >= 11 is 0. The third-order valence-corrected chi connectivity index (χ3v) is 3.36. The lowest BCUT2D eigenvalue weighted by Gasteiger charge is -2.23. The fourth-order valence-corrected chi connectivity index (χ4v) is 2.19. The molecule has 0 fully saturated rings. The van der Waals surface area contributed by atoms with Crippen molar-refractivity contribution in [1.29, 1.82) is 0 Å². The van der Waals surface area contributed by atoms with Crippen LogP contribution in [0.4, 0.5) is 8.78 Å². The smallest absolute Gasteiger partial charge is 0.128 e. The maximum Gasteiger partial charge on any atom is 0.128 e. The molecule has 0 spiro atoms. The molecule has 0 aliphatic rings. The topological polar surface area (TPSA) is 12.0 Å². The summed E-state index contributed by atoms with van der Waals surface area (Å²) in [5.41, 5.74) is 0.761. The van der Waals surface area contributed by atoms with Gasteiger partial charge >= 0.3 is 0 Å². The van der Waals surface area contributed by atoms with E-state index in [0.717, 1.165) is 19.3 Å². The van der Waals surface area contributed by atoms with Gasteiger partial charge in [0.05, 0.1) is 0 Å². The van der Waals surface area contributed by atoms with Crippen molar-refractivity contribution < 1.29 is 8.78 Å². The molecule has 18 heavy (non-hydrogen) atoms. The highest BCUT2D eigenvalue weighted by atomic mass is 19.1. The highest BCUT2D eigenvalue weighted by molar-refractivity contribution is 5.27. The molecule has 0 bridgehead atoms. The van der Waals surface area contributed by atoms with Gasteiger partial charge in [0.2, 0.25) is 0 Å². The number of aryl methyl sites for hydroxylation is 1. The number of hydrogen-bond donors (Lipinski definition) is 1. The molecule has 0 aliphatic heterocycles. The zero-order chi connectivity index (χ0) is 13.7. The summed E-state index contributed by atoms with van der Waals surface area (Å²) in [7, 11) is 0. The number of rotatable bonds is 6. The predicted molar refractivity (Wildman–Crippen MR) is 71.6 cm³/mol. The third-order valence-electron chi connectivity index (χ3n) is 3.36. The summed E-state index contributed by atoms with van der Waals surface area (Å²) in [4.78, 5) is 0. The Labute approximate surface area is 109 Å². The molecular weight excluding hydrogens is 232 g/mol. The van der Waals surface area contributed by atoms with Crippen molar-refractivity contribution in [2.45, 2.75) is 59.0 Å². The minimum atomic E-state index is -0.344. The van der Waals surface area contributed by atoms with Gasteiger partial charge in [0.15, 0.2) is 0 Å². The Kier molecular flexibility index (Phi) is 5.73. The molecule has 2 unspecified atom stereocenters. The molecular formula is C15H23F2N. The van der Waals surface area contributed by atoms with Crippen molar-refractivity contribution in [1.82, 2.24) is 5.32 Å². The summed E-state index contributed by atoms with van der Waals surface area (Å²) in [6.45, 7) is 7.69. The molecule has 1 nitrogen and oxygen atoms in total. The minimum absolute atomic E-state index is 0.170. The Morgan fingerprint density at radius 3 is 2.39 bits per heavy atom. The fraction of sp³-hybridized carbons (Fsp3) is 0.600. The second-order valence-corrected chi connectivity index (χ2v) is 4.91. The average Bonchev–Trinajstić information content (AvgIpc) is 2.33. The molecule has 1 aromatic rings. The molecule has 0 radical (unpaired) electrons. The van der Waals surface area contributed by atoms with Gasteiger partial charge < -0.3 is 5.32 Å². The highest BCUT2D eigenvalue weighted by Gasteiger charge is 2.16. The second-order valence-electron chi connectivity index (χ2n) is 4.91. The zero-order valence-electron chi connectivity index (χ0n) is 11.7. The van der Waals surface area contributed by atoms with E-state index in [1.807, 2.05) is 6.92 Å². The first-order valence-electron chi connectivity index (χ1n) is 6.71. The van der Waals surface area contributed by atoms with Crippen molar-refractivity contribution >= 4 is 0 Å². The quantitative estimate of drug-likeness (QED) is 0.789. The van der Waals surface area contributed by atoms with Gasteiger partial charge in [-0.2, -0.15) is 0 Å². The molecule has 3 heteroatoms. The van der Waals surface area contributed by atoms with E-state index in [-0.39, 0.29) is 17.7 Å². The van der Waals surface area contributed by atoms with Gasteiger partial charge in [0.1, 0.15) is 11.6 Å². The number of hydrogen-bond acceptors (Lipinski definition) is 1. The summed E-state index contributed by atoms with van der Waals surface area (Å²) in [6, 6.07) is 2.76. The van der Waals surface area contributed by atoms with Crippen LogP contribution in [0, 0.1) is 18.6 Å². The Morgan fingerprint density at radius 2 is 1.83 bits per heavy atom. The lowest BCUT2D eigenvalue weighted by atomic mass is 10.0. The first-order chi connectivity index (χ1) is 8.49. The van der Waals surface area contributed by atoms with Gasteiger partial charge in [0, 0.05) is 17.6 Å². The maximum absolute atomic E-state index is 13.8. The van der Waals surface area contributed by atoms with Crippen LogP contribution in [0.5, 0.6) is 0 Å². The van der Waals surface area contributed by atoms with Crippen LogP contribution in [0.15, 0.2) is 12.1 Å². The standard InChI is InChI=1S/C15H23F2N/c1-5-7-12(6-2)18-11(4)13-9-14(16)10(3)8-15(13)17/h8-9,11-12,18H,5-7H2,1-4H3. The Morgan fingerprint density at radius 1 is 1.17 bits per heavy atom. The first-order valence-corrected chi connectivity index (χ1v) is 6.71. The van der Waals surface area contributed by atoms with Crippen LogP contribution >= 0.6 is 0 Å². The van der Waals surface area contributed by atoms with Crippen LogP contribution in [0.2, 0.25) is 0 Å². The Hall–Kier alpha value is -0.960. The van der Waals surface area contributed by atoms with Crippen LogP contribution < -0.4 is 5.32 Å². The molecule has 0 aromatic heterocycles. The molecule has 0 saturated carbocycles. The largest absolute Gasteiger partial charge is 0.307 e. The van der Waals surface area contributed by atoms with Crippen molar-refractivity contribution in [3.8, 4) is 0 Å². The molecule has 0 amide bonds. The monoisotopic (exact) mass is 255 g/mol. The van der Waals surface area contributed by atoms with E-state index in [1.165, 1.54) is 12.1 Å². The van der Waals surface area contributed by atoms with E-state index < -0.39 is 0 Å². The van der Waals surface area contributed by atoms with Gasteiger partial charge in [0.25, 0.3) is 0 Å². The van der Waals surface area contributed by atoms with Crippen LogP contribution in [0.25, 0.3) is 0 Å². The zero-order valence-corrected chi connectivity index (χ0v) is 11.7. The van der Waals surface area contributed by atoms with Gasteiger partial charge in [-0.05, 0) is 44.4 Å². The Balaban J connectivity index is 2.83. The molecule has 0 aliphatic carbocycles. The van der Waals surface area contributed by atoms with Crippen LogP contribution in [0.1, 0.15) is 57.2 Å². The van der Waals surface area contributed by atoms with Gasteiger partial charge in [-0.15, -0.1) is 0 Å². The third kappa shape index (κ3) is 3.77. The van der Waals surface area contributed by atoms with Crippen molar-refractivity contribution in [3.05, 3.63) is 34.9 Å². The normalized spacial score (nSPS) is 14.6. The highest BCUT2D eigenvalue weighted by Crippen LogP contribution is 2.21. The average molecular weight is 255 g/mol. The summed E-state index contributed by atoms with van der Waals surface area (Å²) in [5, 5.41) is 3.36. The Bertz CT molecular complexity index is 390. The van der Waals surface area contributed by atoms with E-state index in [2.05, 4.69) is 19.2 Å². The fourth-order valence-electron chi connectivity index (χ4n) is 2.19. The van der Waals surface area contributed by atoms with Gasteiger partial charge in [-0.1, -0.05) is 20.3 Å². The number of nitrogens with one attached hydrogen (secondary N) is 1. The summed E-state index contributed by atoms with van der Waals surface area (Å²) < 4.78 is 27.3. The van der Waals surface area contributed by atoms with E-state index in [0.29, 0.717) is 17.2 Å². The molecule has 1 rings (SSSR count). The van der Waals surface area contributed by atoms with Gasteiger partial charge in [-0.3, -0.25) is 0 Å². The lowest BCUT2D eigenvalue weighted by molar-refractivity contribution is 0.407. The molecule has 1 N–H and O–H groups in total. The van der Waals surface area contributed by atoms with Crippen molar-refractivity contribution in [3.63, 3.8) is 0 Å². The van der Waals surface area contributed by atoms with Crippen LogP contribution in [-0.4, -0.2) is 6.04 Å². The van der Waals surface area contributed by atoms with Crippen LogP contribution in [-0.2, 0) is 0 Å². The predicted octanol–water partition coefficient (Wildman–Crippen LogP) is 4.50. The molecule has 102 valence electrons. The summed E-state index contributed by atoms with van der Waals surface area (Å²) in [6.07, 6.45) is 3.13. The molecule has 1 aromatic carbocycles. The van der Waals surface area contributed by atoms with Crippen molar-refractivity contribution in [2.75, 3.05) is 0 Å². The second kappa shape index (κ2) is 6.83.